The van der Waals surface area contributed by atoms with Crippen LogP contribution in [0, 0.1) is 0 Å². The molecule has 1 saturated heterocycles. The molecular formula is C14H20N4O2S. The maximum atomic E-state index is 12.2. The quantitative estimate of drug-likeness (QED) is 0.877. The Labute approximate surface area is 125 Å². The van der Waals surface area contributed by atoms with E-state index in [1.807, 2.05) is 6.07 Å². The van der Waals surface area contributed by atoms with Crippen LogP contribution in [0.1, 0.15) is 6.92 Å². The molecule has 114 valence electrons. The van der Waals surface area contributed by atoms with E-state index in [1.165, 1.54) is 0 Å². The fourth-order valence-electron chi connectivity index (χ4n) is 2.84. The summed E-state index contributed by atoms with van der Waals surface area (Å²) in [6, 6.07) is 7.27. The third-order valence-electron chi connectivity index (χ3n) is 4.00. The second kappa shape index (κ2) is 5.40. The minimum absolute atomic E-state index is 0.250. The van der Waals surface area contributed by atoms with E-state index < -0.39 is 10.0 Å². The van der Waals surface area contributed by atoms with Crippen LogP contribution in [0.3, 0.4) is 0 Å². The summed E-state index contributed by atoms with van der Waals surface area (Å²) in [5, 5.41) is 3.15. The number of anilines is 1. The van der Waals surface area contributed by atoms with Gasteiger partial charge >= 0.3 is 0 Å². The van der Waals surface area contributed by atoms with Crippen molar-refractivity contribution >= 4 is 21.5 Å². The molecule has 6 nitrogen and oxygen atoms in total. The number of likely N-dealkylation sites (N-methyl/N-ethyl adjacent to an activating group) is 1. The Bertz CT molecular complexity index is 671. The Balaban J connectivity index is 1.81. The van der Waals surface area contributed by atoms with Gasteiger partial charge < -0.3 is 10.2 Å². The van der Waals surface area contributed by atoms with Crippen LogP contribution in [0.15, 0.2) is 33.6 Å². The number of nitrogens with one attached hydrogen (secondary N) is 1. The lowest BCUT2D eigenvalue weighted by atomic mass is 10.2. The molecule has 0 aromatic heterocycles. The molecule has 0 aliphatic carbocycles. The van der Waals surface area contributed by atoms with E-state index in [0.29, 0.717) is 24.1 Å². The Morgan fingerprint density at radius 3 is 2.86 bits per heavy atom. The fraction of sp³-hybridized carbons (Fsp3) is 0.500. The van der Waals surface area contributed by atoms with Crippen molar-refractivity contribution in [3.8, 4) is 0 Å². The standard InChI is InChI=1S/C14H20N4O2S/c1-11-9-17(2)7-8-18(11)10-14-15-12-5-3-4-6-13(12)21(19,20)16-14/h3-6,11H,7-10H2,1-2H3,(H,15,16). The van der Waals surface area contributed by atoms with Gasteiger partial charge in [-0.05, 0) is 26.1 Å². The minimum Gasteiger partial charge on any atom is -0.341 e. The lowest BCUT2D eigenvalue weighted by Crippen LogP contribution is -2.52. The summed E-state index contributed by atoms with van der Waals surface area (Å²) < 4.78 is 28.3. The van der Waals surface area contributed by atoms with E-state index >= 15 is 0 Å². The molecule has 1 aromatic carbocycles. The first-order valence-corrected chi connectivity index (χ1v) is 8.52. The molecule has 3 rings (SSSR count). The summed E-state index contributed by atoms with van der Waals surface area (Å²) in [5.74, 6) is 0.505. The van der Waals surface area contributed by atoms with Gasteiger partial charge in [-0.25, -0.2) is 0 Å². The molecule has 0 spiro atoms. The Morgan fingerprint density at radius 1 is 1.33 bits per heavy atom. The predicted octanol–water partition coefficient (Wildman–Crippen LogP) is 0.835. The minimum atomic E-state index is -3.58. The number of fused-ring (bicyclic) bond motifs is 1. The molecule has 0 amide bonds. The smallest absolute Gasteiger partial charge is 0.286 e. The highest BCUT2D eigenvalue weighted by molar-refractivity contribution is 7.90. The average Bonchev–Trinajstić information content (AvgIpc) is 2.41. The zero-order chi connectivity index (χ0) is 15.0. The van der Waals surface area contributed by atoms with Gasteiger partial charge in [-0.3, -0.25) is 4.90 Å². The number of hydrogen-bond donors (Lipinski definition) is 1. The molecule has 2 aliphatic heterocycles. The Kier molecular flexibility index (Phi) is 3.73. The summed E-state index contributed by atoms with van der Waals surface area (Å²) in [4.78, 5) is 4.79. The maximum absolute atomic E-state index is 12.2. The van der Waals surface area contributed by atoms with Gasteiger partial charge in [-0.2, -0.15) is 8.42 Å². The van der Waals surface area contributed by atoms with Crippen molar-refractivity contribution < 1.29 is 8.42 Å². The number of nitrogens with zero attached hydrogens (tertiary/aromatic N) is 3. The first-order valence-electron chi connectivity index (χ1n) is 7.08. The van der Waals surface area contributed by atoms with Crippen LogP contribution in [-0.2, 0) is 10.0 Å². The SMILES string of the molecule is CC1CN(C)CCN1CC1=NS(=O)(=O)c2ccccc2N1. The highest BCUT2D eigenvalue weighted by atomic mass is 32.2. The molecule has 7 heteroatoms. The fourth-order valence-corrected chi connectivity index (χ4v) is 3.98. The van der Waals surface area contributed by atoms with Crippen molar-refractivity contribution in [2.75, 3.05) is 38.5 Å². The number of hydrogen-bond acceptors (Lipinski definition) is 5. The monoisotopic (exact) mass is 308 g/mol. The van der Waals surface area contributed by atoms with Crippen molar-refractivity contribution in [1.29, 1.82) is 0 Å². The molecule has 0 bridgehead atoms. The lowest BCUT2D eigenvalue weighted by Gasteiger charge is -2.38. The van der Waals surface area contributed by atoms with Gasteiger partial charge in [0.05, 0.1) is 12.2 Å². The topological polar surface area (TPSA) is 65.0 Å². The summed E-state index contributed by atoms with van der Waals surface area (Å²) >= 11 is 0. The van der Waals surface area contributed by atoms with Crippen molar-refractivity contribution in [2.45, 2.75) is 17.9 Å². The summed E-state index contributed by atoms with van der Waals surface area (Å²) in [6.07, 6.45) is 0. The summed E-state index contributed by atoms with van der Waals surface area (Å²) in [6.45, 7) is 5.57. The van der Waals surface area contributed by atoms with Crippen molar-refractivity contribution in [3.63, 3.8) is 0 Å². The predicted molar refractivity (Wildman–Crippen MR) is 83.2 cm³/mol. The molecule has 1 N–H and O–H groups in total. The lowest BCUT2D eigenvalue weighted by molar-refractivity contribution is 0.115. The van der Waals surface area contributed by atoms with Crippen LogP contribution >= 0.6 is 0 Å². The number of rotatable bonds is 2. The number of benzene rings is 1. The van der Waals surface area contributed by atoms with Crippen molar-refractivity contribution in [3.05, 3.63) is 24.3 Å². The Morgan fingerprint density at radius 2 is 2.10 bits per heavy atom. The van der Waals surface area contributed by atoms with E-state index in [4.69, 9.17) is 0 Å². The maximum Gasteiger partial charge on any atom is 0.286 e. The molecule has 2 heterocycles. The molecule has 1 atom stereocenters. The second-order valence-corrected chi connectivity index (χ2v) is 7.29. The molecule has 1 unspecified atom stereocenters. The largest absolute Gasteiger partial charge is 0.341 e. The van der Waals surface area contributed by atoms with E-state index in [0.717, 1.165) is 19.6 Å². The molecule has 0 radical (unpaired) electrons. The zero-order valence-corrected chi connectivity index (χ0v) is 13.1. The van der Waals surface area contributed by atoms with Gasteiger partial charge in [-0.1, -0.05) is 12.1 Å². The highest BCUT2D eigenvalue weighted by Crippen LogP contribution is 2.26. The molecule has 1 fully saturated rings. The van der Waals surface area contributed by atoms with Gasteiger partial charge in [0, 0.05) is 25.7 Å². The normalized spacial score (nSPS) is 25.8. The number of piperazine rings is 1. The molecule has 0 saturated carbocycles. The van der Waals surface area contributed by atoms with Gasteiger partial charge in [0.1, 0.15) is 10.7 Å². The molecule has 21 heavy (non-hydrogen) atoms. The van der Waals surface area contributed by atoms with Crippen LogP contribution in [0.2, 0.25) is 0 Å². The summed E-state index contributed by atoms with van der Waals surface area (Å²) in [7, 11) is -1.48. The van der Waals surface area contributed by atoms with Crippen LogP contribution in [0.5, 0.6) is 0 Å². The number of sulfonamides is 1. The van der Waals surface area contributed by atoms with Crippen LogP contribution in [0.25, 0.3) is 0 Å². The Hall–Kier alpha value is -1.44. The summed E-state index contributed by atoms with van der Waals surface area (Å²) in [5.41, 5.74) is 0.615. The molecule has 1 aromatic rings. The van der Waals surface area contributed by atoms with Crippen LogP contribution in [0.4, 0.5) is 5.69 Å². The van der Waals surface area contributed by atoms with Gasteiger partial charge in [0.15, 0.2) is 0 Å². The first-order chi connectivity index (χ1) is 9.95. The van der Waals surface area contributed by atoms with Crippen molar-refractivity contribution in [2.24, 2.45) is 4.40 Å². The van der Waals surface area contributed by atoms with Crippen molar-refractivity contribution in [1.82, 2.24) is 9.80 Å². The van der Waals surface area contributed by atoms with E-state index in [1.54, 1.807) is 18.2 Å². The molecule has 2 aliphatic rings. The third kappa shape index (κ3) is 2.95. The van der Waals surface area contributed by atoms with Gasteiger partial charge in [0.25, 0.3) is 10.0 Å². The van der Waals surface area contributed by atoms with Gasteiger partial charge in [0.2, 0.25) is 0 Å². The number of amidine groups is 1. The average molecular weight is 308 g/mol. The molecular weight excluding hydrogens is 288 g/mol. The second-order valence-electron chi connectivity index (χ2n) is 5.72. The highest BCUT2D eigenvalue weighted by Gasteiger charge is 2.28. The van der Waals surface area contributed by atoms with Crippen LogP contribution < -0.4 is 5.32 Å². The third-order valence-corrected chi connectivity index (χ3v) is 5.37. The van der Waals surface area contributed by atoms with Gasteiger partial charge in [-0.15, -0.1) is 4.40 Å². The number of para-hydroxylation sites is 1. The van der Waals surface area contributed by atoms with Crippen LogP contribution in [-0.4, -0.2) is 63.3 Å². The zero-order valence-electron chi connectivity index (χ0n) is 12.3. The van der Waals surface area contributed by atoms with E-state index in [9.17, 15) is 8.42 Å². The first kappa shape index (κ1) is 14.5. The van der Waals surface area contributed by atoms with E-state index in [-0.39, 0.29) is 4.90 Å². The van der Waals surface area contributed by atoms with E-state index in [2.05, 4.69) is 33.5 Å².